The number of nitrogens with two attached hydrogens (primary N) is 1. The van der Waals surface area contributed by atoms with Gasteiger partial charge in [0.25, 0.3) is 11.8 Å². The van der Waals surface area contributed by atoms with Crippen LogP contribution in [0.4, 0.5) is 24.5 Å². The number of likely N-dealkylation sites (N-methyl/N-ethyl adjacent to an activating group) is 1. The molecule has 1 fully saturated rings. The standard InChI is InChI=1S/C20H27F3N4O4/c1-4-26(10-12(2)3)17(18(24)29)19(30)25-15-6-5-13(9-14(15)20(21,22)23)27-7-8-31-11-16(27)28/h5-6,9,12,17H,4,7-8,10-11H2,1-3H3,(H2,24,29)(H,25,30)/t17-/m0/s1. The molecule has 172 valence electrons. The van der Waals surface area contributed by atoms with E-state index < -0.39 is 41.2 Å². The van der Waals surface area contributed by atoms with E-state index in [4.69, 9.17) is 10.5 Å². The van der Waals surface area contributed by atoms with Gasteiger partial charge in [-0.1, -0.05) is 20.8 Å². The molecule has 1 aromatic carbocycles. The summed E-state index contributed by atoms with van der Waals surface area (Å²) in [6.45, 7) is 6.26. The van der Waals surface area contributed by atoms with Crippen molar-refractivity contribution in [3.8, 4) is 0 Å². The van der Waals surface area contributed by atoms with E-state index >= 15 is 0 Å². The molecule has 1 atom stereocenters. The third-order valence-corrected chi connectivity index (χ3v) is 4.75. The molecule has 2 rings (SSSR count). The Morgan fingerprint density at radius 2 is 2.00 bits per heavy atom. The van der Waals surface area contributed by atoms with E-state index in [1.165, 1.54) is 15.9 Å². The van der Waals surface area contributed by atoms with E-state index in [-0.39, 0.29) is 31.4 Å². The van der Waals surface area contributed by atoms with Crippen molar-refractivity contribution < 1.29 is 32.3 Å². The molecule has 0 saturated carbocycles. The number of nitrogens with one attached hydrogen (secondary N) is 1. The minimum absolute atomic E-state index is 0.0417. The van der Waals surface area contributed by atoms with Crippen molar-refractivity contribution in [1.82, 2.24) is 4.90 Å². The smallest absolute Gasteiger partial charge is 0.370 e. The number of carbonyl (C=O) groups excluding carboxylic acids is 3. The fourth-order valence-electron chi connectivity index (χ4n) is 3.40. The molecule has 11 heteroatoms. The highest BCUT2D eigenvalue weighted by Gasteiger charge is 2.37. The molecule has 0 bridgehead atoms. The van der Waals surface area contributed by atoms with Crippen LogP contribution in [0.5, 0.6) is 0 Å². The van der Waals surface area contributed by atoms with Gasteiger partial charge < -0.3 is 20.7 Å². The van der Waals surface area contributed by atoms with Crippen molar-refractivity contribution in [2.24, 2.45) is 11.7 Å². The molecule has 1 aromatic rings. The Kier molecular flexibility index (Phi) is 8.02. The molecule has 0 spiro atoms. The Morgan fingerprint density at radius 3 is 2.52 bits per heavy atom. The van der Waals surface area contributed by atoms with E-state index in [9.17, 15) is 27.6 Å². The monoisotopic (exact) mass is 444 g/mol. The van der Waals surface area contributed by atoms with Crippen molar-refractivity contribution >= 4 is 29.1 Å². The van der Waals surface area contributed by atoms with E-state index in [2.05, 4.69) is 5.32 Å². The number of primary amides is 1. The summed E-state index contributed by atoms with van der Waals surface area (Å²) in [7, 11) is 0. The number of rotatable bonds is 8. The summed E-state index contributed by atoms with van der Waals surface area (Å²) in [5.41, 5.74) is 3.77. The highest BCUT2D eigenvalue weighted by atomic mass is 19.4. The number of hydrogen-bond donors (Lipinski definition) is 2. The van der Waals surface area contributed by atoms with Crippen LogP contribution in [0.1, 0.15) is 26.3 Å². The lowest BCUT2D eigenvalue weighted by molar-refractivity contribution is -0.137. The number of amides is 3. The van der Waals surface area contributed by atoms with Gasteiger partial charge in [0.15, 0.2) is 6.04 Å². The summed E-state index contributed by atoms with van der Waals surface area (Å²) in [5.74, 6) is -2.26. The predicted octanol–water partition coefficient (Wildman–Crippen LogP) is 1.84. The zero-order chi connectivity index (χ0) is 23.3. The van der Waals surface area contributed by atoms with Gasteiger partial charge in [0.2, 0.25) is 5.91 Å². The summed E-state index contributed by atoms with van der Waals surface area (Å²) in [5, 5.41) is 2.20. The van der Waals surface area contributed by atoms with Crippen LogP contribution in [0.3, 0.4) is 0 Å². The largest absolute Gasteiger partial charge is 0.418 e. The van der Waals surface area contributed by atoms with Crippen LogP contribution >= 0.6 is 0 Å². The predicted molar refractivity (Wildman–Crippen MR) is 108 cm³/mol. The van der Waals surface area contributed by atoms with Crippen LogP contribution < -0.4 is 16.0 Å². The zero-order valence-corrected chi connectivity index (χ0v) is 17.7. The molecule has 1 saturated heterocycles. The molecule has 1 aliphatic heterocycles. The van der Waals surface area contributed by atoms with Crippen molar-refractivity contribution in [3.63, 3.8) is 0 Å². The number of morpholine rings is 1. The Morgan fingerprint density at radius 1 is 1.32 bits per heavy atom. The third kappa shape index (κ3) is 6.17. The SMILES string of the molecule is CCN(CC(C)C)[C@@H](C(N)=O)C(=O)Nc1ccc(N2CCOCC2=O)cc1C(F)(F)F. The van der Waals surface area contributed by atoms with Gasteiger partial charge in [-0.3, -0.25) is 19.3 Å². The number of halogens is 3. The fraction of sp³-hybridized carbons (Fsp3) is 0.550. The van der Waals surface area contributed by atoms with Gasteiger partial charge in [-0.2, -0.15) is 13.2 Å². The van der Waals surface area contributed by atoms with Crippen molar-refractivity contribution in [1.29, 1.82) is 0 Å². The lowest BCUT2D eigenvalue weighted by atomic mass is 10.1. The zero-order valence-electron chi connectivity index (χ0n) is 17.7. The maximum atomic E-state index is 13.7. The molecule has 8 nitrogen and oxygen atoms in total. The molecular formula is C20H27F3N4O4. The van der Waals surface area contributed by atoms with Gasteiger partial charge in [-0.15, -0.1) is 0 Å². The van der Waals surface area contributed by atoms with E-state index in [0.29, 0.717) is 13.1 Å². The van der Waals surface area contributed by atoms with Crippen molar-refractivity contribution in [2.75, 3.05) is 43.1 Å². The molecule has 0 aromatic heterocycles. The van der Waals surface area contributed by atoms with Crippen molar-refractivity contribution in [3.05, 3.63) is 23.8 Å². The van der Waals surface area contributed by atoms with Gasteiger partial charge in [-0.05, 0) is 30.7 Å². The van der Waals surface area contributed by atoms with Gasteiger partial charge in [0, 0.05) is 18.8 Å². The van der Waals surface area contributed by atoms with Gasteiger partial charge >= 0.3 is 6.18 Å². The van der Waals surface area contributed by atoms with Crippen LogP contribution in [-0.2, 0) is 25.3 Å². The number of carbonyl (C=O) groups is 3. The lowest BCUT2D eigenvalue weighted by Crippen LogP contribution is -2.53. The second-order valence-corrected chi connectivity index (χ2v) is 7.60. The number of alkyl halides is 3. The second-order valence-electron chi connectivity index (χ2n) is 7.60. The molecule has 0 radical (unpaired) electrons. The normalized spacial score (nSPS) is 16.0. The average Bonchev–Trinajstić information content (AvgIpc) is 2.66. The maximum absolute atomic E-state index is 13.7. The molecular weight excluding hydrogens is 417 g/mol. The van der Waals surface area contributed by atoms with Gasteiger partial charge in [0.1, 0.15) is 6.61 Å². The van der Waals surface area contributed by atoms with E-state index in [1.807, 2.05) is 13.8 Å². The van der Waals surface area contributed by atoms with E-state index in [0.717, 1.165) is 12.1 Å². The Labute approximate surface area is 178 Å². The first-order valence-electron chi connectivity index (χ1n) is 9.89. The first kappa shape index (κ1) is 24.6. The quantitative estimate of drug-likeness (QED) is 0.596. The number of hydrogen-bond acceptors (Lipinski definition) is 5. The van der Waals surface area contributed by atoms with Crippen LogP contribution in [0.25, 0.3) is 0 Å². The Bertz CT molecular complexity index is 829. The highest BCUT2D eigenvalue weighted by Crippen LogP contribution is 2.37. The number of nitrogens with zero attached hydrogens (tertiary/aromatic N) is 2. The number of benzene rings is 1. The number of anilines is 2. The summed E-state index contributed by atoms with van der Waals surface area (Å²) < 4.78 is 46.2. The lowest BCUT2D eigenvalue weighted by Gasteiger charge is -2.30. The maximum Gasteiger partial charge on any atom is 0.418 e. The van der Waals surface area contributed by atoms with E-state index in [1.54, 1.807) is 6.92 Å². The molecule has 3 N–H and O–H groups in total. The number of ether oxygens (including phenoxy) is 1. The summed E-state index contributed by atoms with van der Waals surface area (Å²) >= 11 is 0. The summed E-state index contributed by atoms with van der Waals surface area (Å²) in [4.78, 5) is 39.4. The third-order valence-electron chi connectivity index (χ3n) is 4.75. The molecule has 1 aliphatic rings. The Balaban J connectivity index is 2.36. The fourth-order valence-corrected chi connectivity index (χ4v) is 3.40. The van der Waals surface area contributed by atoms with Crippen LogP contribution in [0.2, 0.25) is 0 Å². The topological polar surface area (TPSA) is 105 Å². The summed E-state index contributed by atoms with van der Waals surface area (Å²) in [6, 6.07) is 1.74. The minimum atomic E-state index is -4.81. The van der Waals surface area contributed by atoms with Gasteiger partial charge in [0.05, 0.1) is 17.9 Å². The van der Waals surface area contributed by atoms with Crippen LogP contribution in [0, 0.1) is 5.92 Å². The van der Waals surface area contributed by atoms with Crippen LogP contribution in [0.15, 0.2) is 18.2 Å². The average molecular weight is 444 g/mol. The first-order valence-corrected chi connectivity index (χ1v) is 9.89. The highest BCUT2D eigenvalue weighted by molar-refractivity contribution is 6.10. The van der Waals surface area contributed by atoms with Crippen molar-refractivity contribution in [2.45, 2.75) is 33.0 Å². The molecule has 0 aliphatic carbocycles. The second kappa shape index (κ2) is 10.1. The minimum Gasteiger partial charge on any atom is -0.370 e. The molecule has 3 amide bonds. The molecule has 0 unspecified atom stereocenters. The Hall–Kier alpha value is -2.66. The summed E-state index contributed by atoms with van der Waals surface area (Å²) in [6.07, 6.45) is -4.81. The van der Waals surface area contributed by atoms with Crippen LogP contribution in [-0.4, -0.2) is 61.5 Å². The van der Waals surface area contributed by atoms with Gasteiger partial charge in [-0.25, -0.2) is 0 Å². The molecule has 1 heterocycles. The first-order chi connectivity index (χ1) is 14.5. The molecule has 31 heavy (non-hydrogen) atoms.